The van der Waals surface area contributed by atoms with Gasteiger partial charge in [0.2, 0.25) is 0 Å². The summed E-state index contributed by atoms with van der Waals surface area (Å²) in [7, 11) is 1.52. The van der Waals surface area contributed by atoms with Gasteiger partial charge in [0, 0.05) is 18.7 Å². The molecule has 0 radical (unpaired) electrons. The summed E-state index contributed by atoms with van der Waals surface area (Å²) >= 11 is 2.57. The van der Waals surface area contributed by atoms with Crippen LogP contribution in [0.4, 0.5) is 17.6 Å². The van der Waals surface area contributed by atoms with Gasteiger partial charge < -0.3 is 4.90 Å². The molecule has 0 spiro atoms. The van der Waals surface area contributed by atoms with E-state index in [1.54, 1.807) is 18.2 Å². The molecule has 0 aliphatic carbocycles. The van der Waals surface area contributed by atoms with Crippen LogP contribution < -0.4 is 0 Å². The summed E-state index contributed by atoms with van der Waals surface area (Å²) in [6, 6.07) is 6.05. The van der Waals surface area contributed by atoms with Gasteiger partial charge in [0.1, 0.15) is 10.6 Å². The van der Waals surface area contributed by atoms with Gasteiger partial charge in [-0.2, -0.15) is 13.2 Å². The zero-order valence-corrected chi connectivity index (χ0v) is 10.7. The Hall–Kier alpha value is -0.620. The van der Waals surface area contributed by atoms with Crippen molar-refractivity contribution in [3.8, 4) is 0 Å². The van der Waals surface area contributed by atoms with Crippen molar-refractivity contribution < 1.29 is 17.6 Å². The van der Waals surface area contributed by atoms with Crippen LogP contribution >= 0.6 is 15.9 Å². The predicted molar refractivity (Wildman–Crippen MR) is 61.5 cm³/mol. The maximum Gasteiger partial charge on any atom is 0.402 e. The van der Waals surface area contributed by atoms with E-state index in [1.807, 2.05) is 0 Å². The van der Waals surface area contributed by atoms with E-state index in [4.69, 9.17) is 0 Å². The van der Waals surface area contributed by atoms with Crippen molar-refractivity contribution in [2.24, 2.45) is 0 Å². The molecule has 1 rings (SSSR count). The highest BCUT2D eigenvalue weighted by Crippen LogP contribution is 2.27. The molecule has 0 saturated heterocycles. The largest absolute Gasteiger partial charge is 0.402 e. The molecule has 0 aliphatic rings. The summed E-state index contributed by atoms with van der Waals surface area (Å²) in [5.74, 6) is -0.405. The molecular formula is C11H12BrF4N. The Labute approximate surface area is 106 Å². The number of halogens is 5. The van der Waals surface area contributed by atoms with E-state index in [-0.39, 0.29) is 13.1 Å². The summed E-state index contributed by atoms with van der Waals surface area (Å²) < 4.78 is 50.1. The van der Waals surface area contributed by atoms with Gasteiger partial charge in [-0.3, -0.25) is 0 Å². The summed E-state index contributed by atoms with van der Waals surface area (Å²) in [6.45, 7) is -0.0807. The van der Waals surface area contributed by atoms with Crippen molar-refractivity contribution in [3.63, 3.8) is 0 Å². The third-order valence-corrected chi connectivity index (χ3v) is 3.03. The number of rotatable bonds is 4. The Bertz CT molecular complexity index is 367. The van der Waals surface area contributed by atoms with E-state index in [0.29, 0.717) is 5.56 Å². The van der Waals surface area contributed by atoms with E-state index in [9.17, 15) is 17.6 Å². The molecule has 0 amide bonds. The average molecular weight is 314 g/mol. The number of benzene rings is 1. The molecule has 96 valence electrons. The van der Waals surface area contributed by atoms with Crippen LogP contribution in [0.1, 0.15) is 5.56 Å². The zero-order chi connectivity index (χ0) is 13.1. The molecule has 0 heterocycles. The monoisotopic (exact) mass is 313 g/mol. The van der Waals surface area contributed by atoms with E-state index in [1.165, 1.54) is 18.0 Å². The molecule has 1 nitrogen and oxygen atoms in total. The Kier molecular flexibility index (Phi) is 4.94. The molecule has 1 aromatic rings. The molecule has 0 aromatic heterocycles. The number of nitrogens with zero attached hydrogens (tertiary/aromatic N) is 1. The second-order valence-corrected chi connectivity index (χ2v) is 4.90. The summed E-state index contributed by atoms with van der Waals surface area (Å²) in [5, 5.41) is 0. The molecule has 17 heavy (non-hydrogen) atoms. The van der Waals surface area contributed by atoms with Crippen LogP contribution in [0.15, 0.2) is 24.3 Å². The van der Waals surface area contributed by atoms with E-state index >= 15 is 0 Å². The first kappa shape index (κ1) is 14.4. The highest BCUT2D eigenvalue weighted by atomic mass is 79.9. The minimum absolute atomic E-state index is 0.144. The quantitative estimate of drug-likeness (QED) is 0.606. The first-order valence-electron chi connectivity index (χ1n) is 4.93. The lowest BCUT2D eigenvalue weighted by molar-refractivity contribution is -0.130. The molecule has 6 heteroatoms. The maximum atomic E-state index is 13.3. The van der Waals surface area contributed by atoms with Crippen LogP contribution in [0.2, 0.25) is 0 Å². The Morgan fingerprint density at radius 3 is 2.41 bits per heavy atom. The van der Waals surface area contributed by atoms with Gasteiger partial charge in [0.25, 0.3) is 0 Å². The van der Waals surface area contributed by atoms with Gasteiger partial charge in [0.15, 0.2) is 0 Å². The Balaban J connectivity index is 2.56. The fourth-order valence-corrected chi connectivity index (χ4v) is 1.85. The first-order chi connectivity index (χ1) is 7.80. The predicted octanol–water partition coefficient (Wildman–Crippen LogP) is 3.58. The van der Waals surface area contributed by atoms with E-state index in [0.717, 1.165) is 0 Å². The van der Waals surface area contributed by atoms with Crippen LogP contribution in [0.25, 0.3) is 0 Å². The van der Waals surface area contributed by atoms with Crippen molar-refractivity contribution in [2.45, 2.75) is 17.5 Å². The van der Waals surface area contributed by atoms with Gasteiger partial charge in [-0.1, -0.05) is 34.1 Å². The smallest absolute Gasteiger partial charge is 0.301 e. The fraction of sp³-hybridized carbons (Fsp3) is 0.455. The van der Waals surface area contributed by atoms with Gasteiger partial charge in [-0.05, 0) is 13.1 Å². The van der Waals surface area contributed by atoms with Crippen LogP contribution in [-0.4, -0.2) is 29.5 Å². The standard InChI is InChI=1S/C11H12BrF4N/c1-17(7-10(12)11(14,15)16)6-8-4-2-3-5-9(8)13/h2-5,10H,6-7H2,1H3. The van der Waals surface area contributed by atoms with Gasteiger partial charge in [0.05, 0.1) is 0 Å². The molecular weight excluding hydrogens is 302 g/mol. The number of alkyl halides is 4. The minimum Gasteiger partial charge on any atom is -0.301 e. The van der Waals surface area contributed by atoms with Crippen molar-refractivity contribution in [2.75, 3.05) is 13.6 Å². The molecule has 0 bridgehead atoms. The van der Waals surface area contributed by atoms with Gasteiger partial charge >= 0.3 is 6.18 Å². The van der Waals surface area contributed by atoms with Crippen molar-refractivity contribution in [3.05, 3.63) is 35.6 Å². The van der Waals surface area contributed by atoms with E-state index in [2.05, 4.69) is 15.9 Å². The normalized spacial score (nSPS) is 14.1. The second-order valence-electron chi connectivity index (χ2n) is 3.80. The van der Waals surface area contributed by atoms with Crippen molar-refractivity contribution >= 4 is 15.9 Å². The minimum atomic E-state index is -4.29. The Morgan fingerprint density at radius 1 is 1.29 bits per heavy atom. The van der Waals surface area contributed by atoms with Crippen LogP contribution in [-0.2, 0) is 6.54 Å². The van der Waals surface area contributed by atoms with Crippen molar-refractivity contribution in [1.29, 1.82) is 0 Å². The molecule has 0 saturated carbocycles. The summed E-state index contributed by atoms with van der Waals surface area (Å²) in [6.07, 6.45) is -4.29. The summed E-state index contributed by atoms with van der Waals surface area (Å²) in [5.41, 5.74) is 0.386. The maximum absolute atomic E-state index is 13.3. The topological polar surface area (TPSA) is 3.24 Å². The highest BCUT2D eigenvalue weighted by molar-refractivity contribution is 9.09. The lowest BCUT2D eigenvalue weighted by Crippen LogP contribution is -2.35. The SMILES string of the molecule is CN(Cc1ccccc1F)CC(Br)C(F)(F)F. The first-order valence-corrected chi connectivity index (χ1v) is 5.85. The van der Waals surface area contributed by atoms with Crippen molar-refractivity contribution in [1.82, 2.24) is 4.90 Å². The number of hydrogen-bond donors (Lipinski definition) is 0. The van der Waals surface area contributed by atoms with Crippen LogP contribution in [0.5, 0.6) is 0 Å². The molecule has 1 atom stereocenters. The van der Waals surface area contributed by atoms with E-state index < -0.39 is 16.8 Å². The summed E-state index contributed by atoms with van der Waals surface area (Å²) in [4.78, 5) is -0.183. The zero-order valence-electron chi connectivity index (χ0n) is 9.14. The molecule has 0 aliphatic heterocycles. The fourth-order valence-electron chi connectivity index (χ4n) is 1.36. The number of hydrogen-bond acceptors (Lipinski definition) is 1. The highest BCUT2D eigenvalue weighted by Gasteiger charge is 2.38. The molecule has 0 N–H and O–H groups in total. The third-order valence-electron chi connectivity index (χ3n) is 2.23. The van der Waals surface area contributed by atoms with Gasteiger partial charge in [-0.25, -0.2) is 4.39 Å². The lowest BCUT2D eigenvalue weighted by Gasteiger charge is -2.22. The lowest BCUT2D eigenvalue weighted by atomic mass is 10.2. The third kappa shape index (κ3) is 4.63. The molecule has 1 unspecified atom stereocenters. The Morgan fingerprint density at radius 2 is 1.88 bits per heavy atom. The molecule has 1 aromatic carbocycles. The van der Waals surface area contributed by atoms with Crippen LogP contribution in [0.3, 0.4) is 0 Å². The molecule has 0 fully saturated rings. The van der Waals surface area contributed by atoms with Crippen LogP contribution in [0, 0.1) is 5.82 Å². The second kappa shape index (κ2) is 5.82. The average Bonchev–Trinajstić information content (AvgIpc) is 2.20. The van der Waals surface area contributed by atoms with Gasteiger partial charge in [-0.15, -0.1) is 0 Å².